The van der Waals surface area contributed by atoms with Crippen molar-refractivity contribution in [1.29, 1.82) is 0 Å². The summed E-state index contributed by atoms with van der Waals surface area (Å²) in [6, 6.07) is 0. The summed E-state index contributed by atoms with van der Waals surface area (Å²) < 4.78 is 42.0. The third kappa shape index (κ3) is 6.01. The number of rotatable bonds is 8. The SMILES string of the molecule is Nc1nc2c(ncn2[C@@H]2CC[C@H](COP(O)(=S)OP(=O)(O)OP(=O)(O)O)O2)c(=O)[nH]1. The molecule has 7 N–H and O–H groups in total. The number of aromatic nitrogens is 4. The lowest BCUT2D eigenvalue weighted by Gasteiger charge is -2.21. The number of nitrogens with zero attached hydrogens (tertiary/aromatic N) is 3. The Hall–Kier alpha value is -1.06. The molecule has 3 rings (SSSR count). The molecular formula is C10H16N5O11P3S. The maximum atomic E-state index is 11.8. The van der Waals surface area contributed by atoms with E-state index in [1.807, 2.05) is 0 Å². The first kappa shape index (κ1) is 23.6. The predicted octanol–water partition coefficient (Wildman–Crippen LogP) is -0.161. The maximum absolute atomic E-state index is 11.8. The van der Waals surface area contributed by atoms with E-state index in [1.54, 1.807) is 0 Å². The molecule has 2 aromatic heterocycles. The summed E-state index contributed by atoms with van der Waals surface area (Å²) in [4.78, 5) is 58.3. The molecule has 0 spiro atoms. The standard InChI is InChI=1S/C10H16N5O11P3S/c11-10-13-8-7(9(16)14-10)12-4-15(8)6-2-1-5(24-6)3-23-29(22,30)26-28(20,21)25-27(17,18)19/h4-6H,1-3H2,(H,20,21)(H,22,30)(H2,17,18,19)(H3,11,13,14,16)/t5-,6+,29?/m1/s1. The topological polar surface area (TPSA) is 242 Å². The van der Waals surface area contributed by atoms with Crippen LogP contribution in [0.5, 0.6) is 0 Å². The highest BCUT2D eigenvalue weighted by Crippen LogP contribution is 2.66. The van der Waals surface area contributed by atoms with Crippen molar-refractivity contribution in [3.8, 4) is 0 Å². The highest BCUT2D eigenvalue weighted by Gasteiger charge is 2.39. The fourth-order valence-electron chi connectivity index (χ4n) is 2.65. The van der Waals surface area contributed by atoms with Crippen molar-refractivity contribution in [2.24, 2.45) is 0 Å². The number of nitrogen functional groups attached to an aromatic ring is 1. The highest BCUT2D eigenvalue weighted by atomic mass is 32.5. The van der Waals surface area contributed by atoms with Crippen molar-refractivity contribution in [2.75, 3.05) is 12.3 Å². The Bertz CT molecular complexity index is 1150. The Morgan fingerprint density at radius 1 is 1.30 bits per heavy atom. The van der Waals surface area contributed by atoms with Crippen LogP contribution < -0.4 is 11.3 Å². The summed E-state index contributed by atoms with van der Waals surface area (Å²) in [5.41, 5.74) is 5.30. The summed E-state index contributed by atoms with van der Waals surface area (Å²) in [6.45, 7) is -4.78. The average molecular weight is 507 g/mol. The van der Waals surface area contributed by atoms with Crippen LogP contribution in [0.2, 0.25) is 0 Å². The monoisotopic (exact) mass is 507 g/mol. The molecule has 16 nitrogen and oxygen atoms in total. The Balaban J connectivity index is 1.62. The summed E-state index contributed by atoms with van der Waals surface area (Å²) in [6.07, 6.45) is 0.931. The van der Waals surface area contributed by atoms with E-state index in [0.717, 1.165) is 0 Å². The number of ether oxygens (including phenoxy) is 1. The second-order valence-corrected chi connectivity index (χ2v) is 11.8. The molecule has 1 fully saturated rings. The van der Waals surface area contributed by atoms with Crippen LogP contribution >= 0.6 is 22.4 Å². The van der Waals surface area contributed by atoms with Crippen LogP contribution in [0.25, 0.3) is 11.2 Å². The lowest BCUT2D eigenvalue weighted by atomic mass is 10.2. The zero-order valence-electron chi connectivity index (χ0n) is 14.7. The van der Waals surface area contributed by atoms with Gasteiger partial charge in [0.15, 0.2) is 11.2 Å². The van der Waals surface area contributed by atoms with Crippen molar-refractivity contribution in [2.45, 2.75) is 25.2 Å². The molecule has 20 heteroatoms. The minimum Gasteiger partial charge on any atom is -0.369 e. The first-order valence-electron chi connectivity index (χ1n) is 7.91. The number of fused-ring (bicyclic) bond motifs is 1. The second-order valence-electron chi connectivity index (χ2n) is 5.95. The molecule has 168 valence electrons. The van der Waals surface area contributed by atoms with Gasteiger partial charge in [0.25, 0.3) is 5.56 Å². The smallest absolute Gasteiger partial charge is 0.369 e. The molecule has 1 saturated heterocycles. The van der Waals surface area contributed by atoms with Gasteiger partial charge in [0.05, 0.1) is 19.0 Å². The van der Waals surface area contributed by atoms with Crippen LogP contribution in [0.3, 0.4) is 0 Å². The van der Waals surface area contributed by atoms with Crippen molar-refractivity contribution < 1.29 is 46.6 Å². The number of H-pyrrole nitrogens is 1. The van der Waals surface area contributed by atoms with Crippen LogP contribution in [0.4, 0.5) is 5.95 Å². The summed E-state index contributed by atoms with van der Waals surface area (Å²) in [5.74, 6) is -0.101. The van der Waals surface area contributed by atoms with Crippen LogP contribution in [-0.4, -0.2) is 51.8 Å². The maximum Gasteiger partial charge on any atom is 0.488 e. The Labute approximate surface area is 172 Å². The molecular weight excluding hydrogens is 491 g/mol. The minimum absolute atomic E-state index is 0.0653. The first-order chi connectivity index (χ1) is 13.7. The highest BCUT2D eigenvalue weighted by molar-refractivity contribution is 8.08. The molecule has 1 aliphatic rings. The van der Waals surface area contributed by atoms with Gasteiger partial charge in [0, 0.05) is 0 Å². The molecule has 30 heavy (non-hydrogen) atoms. The van der Waals surface area contributed by atoms with Crippen LogP contribution in [0, 0.1) is 0 Å². The number of aromatic amines is 1. The van der Waals surface area contributed by atoms with E-state index in [-0.39, 0.29) is 23.7 Å². The fourth-order valence-corrected chi connectivity index (χ4v) is 6.64. The lowest BCUT2D eigenvalue weighted by Crippen LogP contribution is -2.17. The summed E-state index contributed by atoms with van der Waals surface area (Å²) in [7, 11) is -10.8. The molecule has 0 aliphatic carbocycles. The number of hydrogen-bond donors (Lipinski definition) is 6. The van der Waals surface area contributed by atoms with Gasteiger partial charge in [-0.25, -0.2) is 18.4 Å². The normalized spacial score (nSPS) is 24.0. The van der Waals surface area contributed by atoms with Crippen molar-refractivity contribution in [3.05, 3.63) is 16.7 Å². The van der Waals surface area contributed by atoms with E-state index in [9.17, 15) is 23.7 Å². The average Bonchev–Trinajstić information content (AvgIpc) is 3.15. The largest absolute Gasteiger partial charge is 0.488 e. The van der Waals surface area contributed by atoms with Gasteiger partial charge in [0.1, 0.15) is 6.23 Å². The van der Waals surface area contributed by atoms with Gasteiger partial charge in [-0.15, -0.1) is 0 Å². The van der Waals surface area contributed by atoms with E-state index >= 15 is 0 Å². The van der Waals surface area contributed by atoms with E-state index in [2.05, 4.69) is 35.4 Å². The molecule has 4 atom stereocenters. The Morgan fingerprint density at radius 3 is 2.67 bits per heavy atom. The molecule has 3 heterocycles. The number of nitrogens with one attached hydrogen (secondary N) is 1. The van der Waals surface area contributed by atoms with E-state index in [4.69, 9.17) is 24.8 Å². The molecule has 0 radical (unpaired) electrons. The first-order valence-corrected chi connectivity index (χ1v) is 13.5. The van der Waals surface area contributed by atoms with Crippen LogP contribution in [0.1, 0.15) is 19.1 Å². The van der Waals surface area contributed by atoms with Gasteiger partial charge in [-0.1, -0.05) is 0 Å². The molecule has 0 saturated carbocycles. The summed E-state index contributed by atoms with van der Waals surface area (Å²) in [5, 5.41) is 0. The van der Waals surface area contributed by atoms with Crippen molar-refractivity contribution in [3.63, 3.8) is 0 Å². The van der Waals surface area contributed by atoms with Gasteiger partial charge in [0.2, 0.25) is 5.95 Å². The Morgan fingerprint density at radius 2 is 2.00 bits per heavy atom. The number of anilines is 1. The van der Waals surface area contributed by atoms with Crippen molar-refractivity contribution in [1.82, 2.24) is 19.5 Å². The zero-order valence-corrected chi connectivity index (χ0v) is 18.2. The van der Waals surface area contributed by atoms with E-state index in [1.165, 1.54) is 10.9 Å². The van der Waals surface area contributed by atoms with Gasteiger partial charge in [-0.05, 0) is 24.6 Å². The third-order valence-corrected chi connectivity index (χ3v) is 8.40. The Kier molecular flexibility index (Phi) is 6.66. The molecule has 2 unspecified atom stereocenters. The number of nitrogens with two attached hydrogens (primary N) is 1. The fraction of sp³-hybridized carbons (Fsp3) is 0.500. The molecule has 2 aromatic rings. The van der Waals surface area contributed by atoms with Crippen LogP contribution in [-0.2, 0) is 38.8 Å². The molecule has 0 aromatic carbocycles. The number of imidazole rings is 1. The lowest BCUT2D eigenvalue weighted by molar-refractivity contribution is -0.0178. The van der Waals surface area contributed by atoms with E-state index < -0.39 is 40.3 Å². The minimum atomic E-state index is -5.38. The van der Waals surface area contributed by atoms with Gasteiger partial charge in [-0.2, -0.15) is 9.29 Å². The second kappa shape index (κ2) is 8.47. The van der Waals surface area contributed by atoms with E-state index in [0.29, 0.717) is 12.8 Å². The van der Waals surface area contributed by atoms with Crippen molar-refractivity contribution >= 4 is 51.3 Å². The zero-order chi connectivity index (χ0) is 22.3. The predicted molar refractivity (Wildman–Crippen MR) is 102 cm³/mol. The van der Waals surface area contributed by atoms with Gasteiger partial charge < -0.3 is 34.6 Å². The third-order valence-electron chi connectivity index (χ3n) is 3.69. The van der Waals surface area contributed by atoms with Crippen LogP contribution in [0.15, 0.2) is 11.1 Å². The van der Waals surface area contributed by atoms with Gasteiger partial charge >= 0.3 is 22.4 Å². The number of phosphoric acid groups is 2. The number of hydrogen-bond acceptors (Lipinski definition) is 11. The summed E-state index contributed by atoms with van der Waals surface area (Å²) >= 11 is 4.54. The molecule has 0 bridgehead atoms. The molecule has 0 amide bonds. The molecule has 1 aliphatic heterocycles. The quantitative estimate of drug-likeness (QED) is 0.254. The van der Waals surface area contributed by atoms with Gasteiger partial charge in [-0.3, -0.25) is 14.3 Å².